The van der Waals surface area contributed by atoms with Gasteiger partial charge in [-0.15, -0.1) is 0 Å². The van der Waals surface area contributed by atoms with Gasteiger partial charge in [-0.25, -0.2) is 4.79 Å². The smallest absolute Gasteiger partial charge is 0.317 e. The molecule has 2 atom stereocenters. The van der Waals surface area contributed by atoms with Crippen LogP contribution in [0.15, 0.2) is 0 Å². The lowest BCUT2D eigenvalue weighted by Gasteiger charge is -2.27. The highest BCUT2D eigenvalue weighted by Crippen LogP contribution is 2.16. The lowest BCUT2D eigenvalue weighted by Crippen LogP contribution is -2.46. The first-order valence-electron chi connectivity index (χ1n) is 6.77. The van der Waals surface area contributed by atoms with Gasteiger partial charge in [0.15, 0.2) is 0 Å². The van der Waals surface area contributed by atoms with Gasteiger partial charge in [-0.05, 0) is 25.7 Å². The minimum absolute atomic E-state index is 0.0336. The summed E-state index contributed by atoms with van der Waals surface area (Å²) in [6.07, 6.45) is 4.57. The van der Waals surface area contributed by atoms with Gasteiger partial charge >= 0.3 is 12.0 Å². The van der Waals surface area contributed by atoms with E-state index in [0.29, 0.717) is 6.54 Å². The molecule has 1 aliphatic heterocycles. The summed E-state index contributed by atoms with van der Waals surface area (Å²) < 4.78 is 0. The van der Waals surface area contributed by atoms with Gasteiger partial charge in [0.05, 0.1) is 0 Å². The number of urea groups is 1. The van der Waals surface area contributed by atoms with E-state index in [1.807, 2.05) is 11.8 Å². The Morgan fingerprint density at radius 1 is 1.39 bits per heavy atom. The highest BCUT2D eigenvalue weighted by Gasteiger charge is 2.22. The van der Waals surface area contributed by atoms with Gasteiger partial charge in [-0.2, -0.15) is 0 Å². The number of aliphatic carboxylic acids is 1. The fraction of sp³-hybridized carbons (Fsp3) is 0.846. The van der Waals surface area contributed by atoms with E-state index >= 15 is 0 Å². The van der Waals surface area contributed by atoms with Gasteiger partial charge in [-0.1, -0.05) is 19.8 Å². The van der Waals surface area contributed by atoms with Crippen molar-refractivity contribution in [3.63, 3.8) is 0 Å². The Bertz CT molecular complexity index is 294. The fourth-order valence-corrected chi connectivity index (χ4v) is 2.31. The van der Waals surface area contributed by atoms with Crippen LogP contribution in [0, 0.1) is 5.92 Å². The van der Waals surface area contributed by atoms with Crippen LogP contribution in [0.5, 0.6) is 0 Å². The molecule has 0 saturated carbocycles. The topological polar surface area (TPSA) is 69.6 Å². The van der Waals surface area contributed by atoms with E-state index in [1.54, 1.807) is 0 Å². The van der Waals surface area contributed by atoms with Gasteiger partial charge in [0.25, 0.3) is 0 Å². The maximum absolute atomic E-state index is 12.0. The Morgan fingerprint density at radius 2 is 2.11 bits per heavy atom. The van der Waals surface area contributed by atoms with Crippen molar-refractivity contribution in [2.45, 2.75) is 52.0 Å². The second-order valence-corrected chi connectivity index (χ2v) is 5.28. The summed E-state index contributed by atoms with van der Waals surface area (Å²) >= 11 is 0. The zero-order valence-electron chi connectivity index (χ0n) is 11.3. The molecule has 0 aromatic rings. The molecular weight excluding hydrogens is 232 g/mol. The largest absolute Gasteiger partial charge is 0.481 e. The SMILES string of the molecule is CC(CNC(=O)N1CCCCCC1C)CC(=O)O. The van der Waals surface area contributed by atoms with E-state index in [1.165, 1.54) is 12.8 Å². The van der Waals surface area contributed by atoms with Crippen LogP contribution in [0.3, 0.4) is 0 Å². The van der Waals surface area contributed by atoms with Crippen molar-refractivity contribution in [2.75, 3.05) is 13.1 Å². The standard InChI is InChI=1S/C13H24N2O3/c1-10(8-12(16)17)9-14-13(18)15-7-5-3-4-6-11(15)2/h10-11H,3-9H2,1-2H3,(H,14,18)(H,16,17). The average molecular weight is 256 g/mol. The molecule has 104 valence electrons. The van der Waals surface area contributed by atoms with Gasteiger partial charge in [0, 0.05) is 25.6 Å². The van der Waals surface area contributed by atoms with Crippen molar-refractivity contribution < 1.29 is 14.7 Å². The lowest BCUT2D eigenvalue weighted by atomic mass is 10.1. The molecular formula is C13H24N2O3. The summed E-state index contributed by atoms with van der Waals surface area (Å²) in [6.45, 7) is 5.14. The molecule has 0 bridgehead atoms. The first-order valence-corrected chi connectivity index (χ1v) is 6.77. The molecule has 0 spiro atoms. The van der Waals surface area contributed by atoms with E-state index in [0.717, 1.165) is 19.4 Å². The summed E-state index contributed by atoms with van der Waals surface area (Å²) in [5.74, 6) is -0.853. The van der Waals surface area contributed by atoms with E-state index in [4.69, 9.17) is 5.11 Å². The predicted molar refractivity (Wildman–Crippen MR) is 69.5 cm³/mol. The first-order chi connectivity index (χ1) is 8.50. The normalized spacial score (nSPS) is 22.1. The Hall–Kier alpha value is -1.26. The van der Waals surface area contributed by atoms with Crippen LogP contribution in [-0.4, -0.2) is 41.1 Å². The molecule has 1 heterocycles. The number of hydrogen-bond acceptors (Lipinski definition) is 2. The first kappa shape index (κ1) is 14.8. The van der Waals surface area contributed by atoms with Crippen LogP contribution < -0.4 is 5.32 Å². The molecule has 1 aliphatic rings. The number of nitrogens with one attached hydrogen (secondary N) is 1. The Labute approximate surface area is 109 Å². The summed E-state index contributed by atoms with van der Waals surface area (Å²) in [6, 6.07) is 0.226. The van der Waals surface area contributed by atoms with E-state index in [9.17, 15) is 9.59 Å². The highest BCUT2D eigenvalue weighted by molar-refractivity contribution is 5.74. The number of nitrogens with zero attached hydrogens (tertiary/aromatic N) is 1. The molecule has 0 aromatic heterocycles. The van der Waals surface area contributed by atoms with Gasteiger partial charge in [-0.3, -0.25) is 4.79 Å². The van der Waals surface area contributed by atoms with Gasteiger partial charge in [0.2, 0.25) is 0 Å². The Kier molecular flexibility index (Phi) is 5.95. The number of carboxylic acids is 1. The van der Waals surface area contributed by atoms with E-state index in [-0.39, 0.29) is 24.4 Å². The summed E-state index contributed by atoms with van der Waals surface area (Å²) in [7, 11) is 0. The van der Waals surface area contributed by atoms with Crippen LogP contribution in [0.25, 0.3) is 0 Å². The highest BCUT2D eigenvalue weighted by atomic mass is 16.4. The second-order valence-electron chi connectivity index (χ2n) is 5.28. The molecule has 0 aliphatic carbocycles. The Balaban J connectivity index is 2.36. The van der Waals surface area contributed by atoms with E-state index in [2.05, 4.69) is 12.2 Å². The van der Waals surface area contributed by atoms with Crippen molar-refractivity contribution >= 4 is 12.0 Å². The maximum atomic E-state index is 12.0. The molecule has 2 unspecified atom stereocenters. The van der Waals surface area contributed by atoms with Crippen molar-refractivity contribution in [2.24, 2.45) is 5.92 Å². The zero-order valence-corrected chi connectivity index (χ0v) is 11.3. The van der Waals surface area contributed by atoms with Crippen LogP contribution in [0.4, 0.5) is 4.79 Å². The number of carbonyl (C=O) groups is 2. The average Bonchev–Trinajstić information content (AvgIpc) is 2.50. The summed E-state index contributed by atoms with van der Waals surface area (Å²) in [4.78, 5) is 24.4. The summed E-state index contributed by atoms with van der Waals surface area (Å²) in [5.41, 5.74) is 0. The van der Waals surface area contributed by atoms with Crippen LogP contribution in [-0.2, 0) is 4.79 Å². The molecule has 18 heavy (non-hydrogen) atoms. The minimum Gasteiger partial charge on any atom is -0.481 e. The van der Waals surface area contributed by atoms with Crippen LogP contribution in [0.1, 0.15) is 46.0 Å². The number of carbonyl (C=O) groups excluding carboxylic acids is 1. The number of likely N-dealkylation sites (tertiary alicyclic amines) is 1. The Morgan fingerprint density at radius 3 is 2.78 bits per heavy atom. The molecule has 1 saturated heterocycles. The van der Waals surface area contributed by atoms with Gasteiger partial charge < -0.3 is 15.3 Å². The molecule has 5 nitrogen and oxygen atoms in total. The summed E-state index contributed by atoms with van der Waals surface area (Å²) in [5, 5.41) is 11.5. The second kappa shape index (κ2) is 7.24. The molecule has 1 fully saturated rings. The maximum Gasteiger partial charge on any atom is 0.317 e. The van der Waals surface area contributed by atoms with Gasteiger partial charge in [0.1, 0.15) is 0 Å². The van der Waals surface area contributed by atoms with Crippen molar-refractivity contribution in [1.29, 1.82) is 0 Å². The third-order valence-corrected chi connectivity index (χ3v) is 3.44. The van der Waals surface area contributed by atoms with E-state index < -0.39 is 5.97 Å². The van der Waals surface area contributed by atoms with Crippen molar-refractivity contribution in [1.82, 2.24) is 10.2 Å². The molecule has 2 amide bonds. The molecule has 1 rings (SSSR count). The molecule has 0 aromatic carbocycles. The fourth-order valence-electron chi connectivity index (χ4n) is 2.31. The number of rotatable bonds is 4. The lowest BCUT2D eigenvalue weighted by molar-refractivity contribution is -0.137. The monoisotopic (exact) mass is 256 g/mol. The molecule has 5 heteroatoms. The molecule has 0 radical (unpaired) electrons. The zero-order chi connectivity index (χ0) is 13.5. The predicted octanol–water partition coefficient (Wildman–Crippen LogP) is 2.07. The van der Waals surface area contributed by atoms with Crippen LogP contribution >= 0.6 is 0 Å². The molecule has 2 N–H and O–H groups in total. The number of carboxylic acid groups (broad SMARTS) is 1. The van der Waals surface area contributed by atoms with Crippen molar-refractivity contribution in [3.05, 3.63) is 0 Å². The third-order valence-electron chi connectivity index (χ3n) is 3.44. The van der Waals surface area contributed by atoms with Crippen LogP contribution in [0.2, 0.25) is 0 Å². The third kappa shape index (κ3) is 4.94. The minimum atomic E-state index is -0.820. The number of hydrogen-bond donors (Lipinski definition) is 2. The van der Waals surface area contributed by atoms with Crippen molar-refractivity contribution in [3.8, 4) is 0 Å². The number of amides is 2. The quantitative estimate of drug-likeness (QED) is 0.809.